The van der Waals surface area contributed by atoms with Gasteiger partial charge in [-0.1, -0.05) is 22.8 Å². The van der Waals surface area contributed by atoms with Gasteiger partial charge in [-0.2, -0.15) is 0 Å². The van der Waals surface area contributed by atoms with Crippen LogP contribution in [0.4, 0.5) is 0 Å². The molecule has 0 atom stereocenters. The van der Waals surface area contributed by atoms with Crippen molar-refractivity contribution in [2.75, 3.05) is 0 Å². The molecule has 0 radical (unpaired) electrons. The van der Waals surface area contributed by atoms with Crippen LogP contribution in [0.25, 0.3) is 0 Å². The molecule has 1 rings (SSSR count). The fraction of sp³-hybridized carbons (Fsp3) is 0.300. The molecule has 0 aromatic heterocycles. The Labute approximate surface area is 82.8 Å². The molecular weight excluding hydrogens is 186 g/mol. The molecule has 0 bridgehead atoms. The average molecular weight is 198 g/mol. The Morgan fingerprint density at radius 3 is 2.23 bits per heavy atom. The van der Waals surface area contributed by atoms with Crippen molar-refractivity contribution in [2.24, 2.45) is 5.16 Å². The molecule has 0 heterocycles. The predicted molar refractivity (Wildman–Crippen MR) is 54.8 cm³/mol. The van der Waals surface area contributed by atoms with E-state index in [2.05, 4.69) is 5.16 Å². The number of hydrogen-bond donors (Lipinski definition) is 1. The van der Waals surface area contributed by atoms with Gasteiger partial charge in [-0.25, -0.2) is 0 Å². The van der Waals surface area contributed by atoms with Crippen molar-refractivity contribution in [3.8, 4) is 0 Å². The van der Waals surface area contributed by atoms with Crippen molar-refractivity contribution in [3.05, 3.63) is 34.4 Å². The summed E-state index contributed by atoms with van der Waals surface area (Å²) in [6, 6.07) is 3.95. The molecule has 1 aromatic rings. The first-order chi connectivity index (χ1) is 6.06. The van der Waals surface area contributed by atoms with Crippen LogP contribution < -0.4 is 0 Å². The van der Waals surface area contributed by atoms with E-state index in [-0.39, 0.29) is 5.17 Å². The lowest BCUT2D eigenvalue weighted by atomic mass is 10.0. The standard InChI is InChI=1S/C10H12ClNO/c1-6-4-8(3)9(5-7(6)2)10(11)12-13/h4-5,13H,1-3H3/b12-10-. The lowest BCUT2D eigenvalue weighted by Crippen LogP contribution is -1.97. The molecule has 0 saturated heterocycles. The molecule has 1 N–H and O–H groups in total. The molecule has 0 aliphatic heterocycles. The average Bonchev–Trinajstić information content (AvgIpc) is 2.10. The zero-order valence-electron chi connectivity index (χ0n) is 7.93. The third-order valence-electron chi connectivity index (χ3n) is 2.15. The van der Waals surface area contributed by atoms with Crippen LogP contribution in [-0.2, 0) is 0 Å². The van der Waals surface area contributed by atoms with Crippen LogP contribution in [0.1, 0.15) is 22.3 Å². The largest absolute Gasteiger partial charge is 0.410 e. The maximum Gasteiger partial charge on any atom is 0.175 e. The number of nitrogens with zero attached hydrogens (tertiary/aromatic N) is 1. The smallest absolute Gasteiger partial charge is 0.175 e. The van der Waals surface area contributed by atoms with Gasteiger partial charge in [0.1, 0.15) is 0 Å². The Balaban J connectivity index is 3.32. The number of benzene rings is 1. The fourth-order valence-electron chi connectivity index (χ4n) is 1.24. The summed E-state index contributed by atoms with van der Waals surface area (Å²) in [6.07, 6.45) is 0. The second kappa shape index (κ2) is 3.79. The molecule has 3 heteroatoms. The first kappa shape index (κ1) is 10.1. The van der Waals surface area contributed by atoms with E-state index < -0.39 is 0 Å². The van der Waals surface area contributed by atoms with E-state index >= 15 is 0 Å². The van der Waals surface area contributed by atoms with E-state index in [0.29, 0.717) is 0 Å². The molecule has 1 aromatic carbocycles. The highest BCUT2D eigenvalue weighted by molar-refractivity contribution is 6.69. The van der Waals surface area contributed by atoms with Crippen molar-refractivity contribution in [1.82, 2.24) is 0 Å². The van der Waals surface area contributed by atoms with Gasteiger partial charge in [0.2, 0.25) is 0 Å². The Morgan fingerprint density at radius 2 is 1.69 bits per heavy atom. The van der Waals surface area contributed by atoms with Gasteiger partial charge in [0, 0.05) is 5.56 Å². The number of halogens is 1. The van der Waals surface area contributed by atoms with E-state index in [4.69, 9.17) is 16.8 Å². The summed E-state index contributed by atoms with van der Waals surface area (Å²) in [6.45, 7) is 5.98. The van der Waals surface area contributed by atoms with Crippen LogP contribution in [0, 0.1) is 20.8 Å². The van der Waals surface area contributed by atoms with Gasteiger partial charge in [0.25, 0.3) is 0 Å². The molecule has 0 aliphatic rings. The molecule has 0 saturated carbocycles. The summed E-state index contributed by atoms with van der Waals surface area (Å²) in [4.78, 5) is 0. The number of oxime groups is 1. The minimum absolute atomic E-state index is 0.139. The zero-order chi connectivity index (χ0) is 10.0. The quantitative estimate of drug-likeness (QED) is 0.419. The van der Waals surface area contributed by atoms with Gasteiger partial charge in [-0.3, -0.25) is 0 Å². The Kier molecular flexibility index (Phi) is 2.94. The Morgan fingerprint density at radius 1 is 1.15 bits per heavy atom. The molecule has 0 amide bonds. The van der Waals surface area contributed by atoms with Crippen molar-refractivity contribution in [1.29, 1.82) is 0 Å². The summed E-state index contributed by atoms with van der Waals surface area (Å²) in [5, 5.41) is 11.6. The Hall–Kier alpha value is -1.02. The third kappa shape index (κ3) is 2.01. The minimum Gasteiger partial charge on any atom is -0.410 e. The van der Waals surface area contributed by atoms with Crippen LogP contribution >= 0.6 is 11.6 Å². The van der Waals surface area contributed by atoms with Gasteiger partial charge >= 0.3 is 0 Å². The van der Waals surface area contributed by atoms with Gasteiger partial charge < -0.3 is 5.21 Å². The number of aryl methyl sites for hydroxylation is 3. The lowest BCUT2D eigenvalue weighted by Gasteiger charge is -2.06. The van der Waals surface area contributed by atoms with E-state index in [1.165, 1.54) is 5.56 Å². The highest BCUT2D eigenvalue weighted by Gasteiger charge is 2.06. The van der Waals surface area contributed by atoms with Crippen molar-refractivity contribution >= 4 is 16.8 Å². The first-order valence-electron chi connectivity index (χ1n) is 4.02. The van der Waals surface area contributed by atoms with E-state index in [0.717, 1.165) is 16.7 Å². The SMILES string of the molecule is Cc1cc(C)c(/C(Cl)=N/O)cc1C. The van der Waals surface area contributed by atoms with Gasteiger partial charge in [-0.15, -0.1) is 0 Å². The van der Waals surface area contributed by atoms with E-state index in [9.17, 15) is 0 Å². The molecule has 0 unspecified atom stereocenters. The normalized spacial score (nSPS) is 11.8. The maximum absolute atomic E-state index is 8.53. The minimum atomic E-state index is 0.139. The molecule has 2 nitrogen and oxygen atoms in total. The molecule has 0 spiro atoms. The molecule has 0 fully saturated rings. The van der Waals surface area contributed by atoms with Crippen LogP contribution in [-0.4, -0.2) is 10.4 Å². The summed E-state index contributed by atoms with van der Waals surface area (Å²) in [5.41, 5.74) is 4.16. The lowest BCUT2D eigenvalue weighted by molar-refractivity contribution is 0.321. The van der Waals surface area contributed by atoms with Crippen LogP contribution in [0.3, 0.4) is 0 Å². The topological polar surface area (TPSA) is 32.6 Å². The van der Waals surface area contributed by atoms with Crippen LogP contribution in [0.15, 0.2) is 17.3 Å². The highest BCUT2D eigenvalue weighted by Crippen LogP contribution is 2.17. The van der Waals surface area contributed by atoms with Crippen LogP contribution in [0.2, 0.25) is 0 Å². The van der Waals surface area contributed by atoms with Crippen molar-refractivity contribution in [3.63, 3.8) is 0 Å². The summed E-state index contributed by atoms with van der Waals surface area (Å²) in [7, 11) is 0. The Bertz CT molecular complexity index is 358. The first-order valence-corrected chi connectivity index (χ1v) is 4.40. The monoisotopic (exact) mass is 197 g/mol. The number of rotatable bonds is 1. The van der Waals surface area contributed by atoms with Crippen LogP contribution in [0.5, 0.6) is 0 Å². The van der Waals surface area contributed by atoms with E-state index in [1.54, 1.807) is 0 Å². The second-order valence-electron chi connectivity index (χ2n) is 3.14. The van der Waals surface area contributed by atoms with Gasteiger partial charge in [0.05, 0.1) is 0 Å². The summed E-state index contributed by atoms with van der Waals surface area (Å²) < 4.78 is 0. The van der Waals surface area contributed by atoms with Crippen molar-refractivity contribution in [2.45, 2.75) is 20.8 Å². The predicted octanol–water partition coefficient (Wildman–Crippen LogP) is 2.99. The third-order valence-corrected chi connectivity index (χ3v) is 2.43. The van der Waals surface area contributed by atoms with E-state index in [1.807, 2.05) is 32.9 Å². The highest BCUT2D eigenvalue weighted by atomic mass is 35.5. The maximum atomic E-state index is 8.53. The van der Waals surface area contributed by atoms with Gasteiger partial charge in [0.15, 0.2) is 5.17 Å². The molecule has 70 valence electrons. The zero-order valence-corrected chi connectivity index (χ0v) is 8.68. The molecular formula is C10H12ClNO. The van der Waals surface area contributed by atoms with Crippen molar-refractivity contribution < 1.29 is 5.21 Å². The molecule has 13 heavy (non-hydrogen) atoms. The number of hydrogen-bond acceptors (Lipinski definition) is 2. The second-order valence-corrected chi connectivity index (χ2v) is 3.50. The molecule has 0 aliphatic carbocycles. The summed E-state index contributed by atoms with van der Waals surface area (Å²) in [5.74, 6) is 0. The van der Waals surface area contributed by atoms with Gasteiger partial charge in [-0.05, 0) is 43.5 Å². The fourth-order valence-corrected chi connectivity index (χ4v) is 1.44. The summed E-state index contributed by atoms with van der Waals surface area (Å²) >= 11 is 5.72.